The maximum absolute atomic E-state index is 13.3. The first-order valence-electron chi connectivity index (χ1n) is 10.8. The van der Waals surface area contributed by atoms with Crippen LogP contribution in [0.5, 0.6) is 0 Å². The molecule has 2 N–H and O–H groups in total. The van der Waals surface area contributed by atoms with Gasteiger partial charge in [0.05, 0.1) is 24.0 Å². The summed E-state index contributed by atoms with van der Waals surface area (Å²) in [6.07, 6.45) is 4.17. The number of benzene rings is 1. The fourth-order valence-corrected chi connectivity index (χ4v) is 6.24. The molecule has 3 aliphatic rings. The molecule has 2 aromatic rings. The van der Waals surface area contributed by atoms with Crippen molar-refractivity contribution >= 4 is 34.2 Å². The van der Waals surface area contributed by atoms with Gasteiger partial charge in [0, 0.05) is 11.3 Å². The Hall–Kier alpha value is -2.67. The SMILES string of the molecule is CCOC(=O)c1cc(Cc2ccccc2)sc1NC(=O)[C@@H]1C2CCC(CC2)[C@@H]1C(=O)O. The van der Waals surface area contributed by atoms with E-state index in [0.29, 0.717) is 17.0 Å². The topological polar surface area (TPSA) is 92.7 Å². The smallest absolute Gasteiger partial charge is 0.341 e. The molecule has 1 aromatic carbocycles. The molecule has 0 radical (unpaired) electrons. The van der Waals surface area contributed by atoms with E-state index in [1.807, 2.05) is 30.3 Å². The largest absolute Gasteiger partial charge is 0.481 e. The van der Waals surface area contributed by atoms with Crippen LogP contribution in [0.25, 0.3) is 0 Å². The molecule has 1 amide bonds. The molecule has 3 aliphatic carbocycles. The molecule has 0 spiro atoms. The second-order valence-electron chi connectivity index (χ2n) is 8.39. The number of ether oxygens (including phenoxy) is 1. The Morgan fingerprint density at radius 1 is 1.06 bits per heavy atom. The van der Waals surface area contributed by atoms with Gasteiger partial charge in [-0.15, -0.1) is 11.3 Å². The minimum absolute atomic E-state index is 0.0553. The Kier molecular flexibility index (Phi) is 6.41. The zero-order valence-corrected chi connectivity index (χ0v) is 18.3. The molecule has 1 heterocycles. The van der Waals surface area contributed by atoms with Crippen LogP contribution >= 0.6 is 11.3 Å². The summed E-state index contributed by atoms with van der Waals surface area (Å²) >= 11 is 1.35. The van der Waals surface area contributed by atoms with E-state index in [1.54, 1.807) is 13.0 Å². The second kappa shape index (κ2) is 9.22. The highest BCUT2D eigenvalue weighted by Crippen LogP contribution is 2.49. The van der Waals surface area contributed by atoms with E-state index >= 15 is 0 Å². The first-order chi connectivity index (χ1) is 15.0. The molecule has 2 atom stereocenters. The van der Waals surface area contributed by atoms with Crippen LogP contribution in [-0.4, -0.2) is 29.6 Å². The van der Waals surface area contributed by atoms with E-state index in [0.717, 1.165) is 36.1 Å². The van der Waals surface area contributed by atoms with Crippen LogP contribution in [0, 0.1) is 23.7 Å². The van der Waals surface area contributed by atoms with Gasteiger partial charge in [0.25, 0.3) is 0 Å². The second-order valence-corrected chi connectivity index (χ2v) is 9.53. The molecule has 164 valence electrons. The van der Waals surface area contributed by atoms with Crippen LogP contribution in [0.3, 0.4) is 0 Å². The number of carboxylic acid groups (broad SMARTS) is 1. The number of anilines is 1. The molecule has 31 heavy (non-hydrogen) atoms. The van der Waals surface area contributed by atoms with Crippen molar-refractivity contribution in [2.75, 3.05) is 11.9 Å². The predicted octanol–water partition coefficient (Wildman–Crippen LogP) is 4.59. The Morgan fingerprint density at radius 3 is 2.32 bits per heavy atom. The molecular formula is C24H27NO5S. The average Bonchev–Trinajstić information content (AvgIpc) is 3.16. The Morgan fingerprint density at radius 2 is 1.71 bits per heavy atom. The lowest BCUT2D eigenvalue weighted by molar-refractivity contribution is -0.156. The van der Waals surface area contributed by atoms with Crippen molar-refractivity contribution in [3.8, 4) is 0 Å². The number of thiophene rings is 1. The summed E-state index contributed by atoms with van der Waals surface area (Å²) in [5, 5.41) is 13.1. The molecule has 7 heteroatoms. The number of fused-ring (bicyclic) bond motifs is 3. The van der Waals surface area contributed by atoms with Crippen LogP contribution in [0.2, 0.25) is 0 Å². The molecule has 2 bridgehead atoms. The monoisotopic (exact) mass is 441 g/mol. The van der Waals surface area contributed by atoms with Crippen molar-refractivity contribution in [3.63, 3.8) is 0 Å². The minimum atomic E-state index is -0.892. The normalized spacial score (nSPS) is 24.5. The Balaban J connectivity index is 1.59. The Bertz CT molecular complexity index is 962. The number of carbonyl (C=O) groups is 3. The van der Waals surface area contributed by atoms with E-state index in [-0.39, 0.29) is 24.3 Å². The summed E-state index contributed by atoms with van der Waals surface area (Å²) in [6.45, 7) is 1.98. The molecule has 0 aliphatic heterocycles. The number of hydrogen-bond donors (Lipinski definition) is 2. The van der Waals surface area contributed by atoms with Gasteiger partial charge in [0.15, 0.2) is 0 Å². The third kappa shape index (κ3) is 4.51. The van der Waals surface area contributed by atoms with E-state index in [9.17, 15) is 19.5 Å². The fourth-order valence-electron chi connectivity index (χ4n) is 5.16. The molecule has 6 nitrogen and oxygen atoms in total. The van der Waals surface area contributed by atoms with Crippen molar-refractivity contribution in [3.05, 3.63) is 52.4 Å². The molecular weight excluding hydrogens is 414 g/mol. The van der Waals surface area contributed by atoms with Crippen LogP contribution in [0.15, 0.2) is 36.4 Å². The number of amides is 1. The van der Waals surface area contributed by atoms with Gasteiger partial charge in [0.2, 0.25) is 5.91 Å². The standard InChI is InChI=1S/C24H27NO5S/c1-2-30-24(29)18-13-17(12-14-6-4-3-5-7-14)31-22(18)25-21(26)19-15-8-10-16(11-9-15)20(19)23(27)28/h3-7,13,15-16,19-20H,2,8-12H2,1H3,(H,25,26)(H,27,28)/t15?,16?,19-,20+/m1/s1. The number of esters is 1. The number of carboxylic acids is 1. The quantitative estimate of drug-likeness (QED) is 0.613. The molecule has 3 fully saturated rings. The number of hydrogen-bond acceptors (Lipinski definition) is 5. The van der Waals surface area contributed by atoms with Crippen molar-refractivity contribution in [2.45, 2.75) is 39.0 Å². The molecule has 1 aromatic heterocycles. The number of carbonyl (C=O) groups excluding carboxylic acids is 2. The third-order valence-electron chi connectivity index (χ3n) is 6.54. The zero-order valence-electron chi connectivity index (χ0n) is 17.5. The number of rotatable bonds is 7. The highest BCUT2D eigenvalue weighted by molar-refractivity contribution is 7.16. The average molecular weight is 442 g/mol. The van der Waals surface area contributed by atoms with Crippen molar-refractivity contribution < 1.29 is 24.2 Å². The van der Waals surface area contributed by atoms with E-state index in [2.05, 4.69) is 5.32 Å². The van der Waals surface area contributed by atoms with Gasteiger partial charge < -0.3 is 15.2 Å². The van der Waals surface area contributed by atoms with Gasteiger partial charge in [-0.3, -0.25) is 9.59 Å². The summed E-state index contributed by atoms with van der Waals surface area (Å²) in [7, 11) is 0. The molecule has 0 saturated heterocycles. The lowest BCUT2D eigenvalue weighted by Gasteiger charge is -2.45. The lowest BCUT2D eigenvalue weighted by atomic mass is 9.58. The van der Waals surface area contributed by atoms with Crippen molar-refractivity contribution in [1.82, 2.24) is 0 Å². The van der Waals surface area contributed by atoms with Crippen molar-refractivity contribution in [2.24, 2.45) is 23.7 Å². The van der Waals surface area contributed by atoms with Gasteiger partial charge in [-0.2, -0.15) is 0 Å². The van der Waals surface area contributed by atoms with E-state index < -0.39 is 23.8 Å². The summed E-state index contributed by atoms with van der Waals surface area (Å²) in [5.74, 6) is -2.73. The summed E-state index contributed by atoms with van der Waals surface area (Å²) in [4.78, 5) is 38.6. The third-order valence-corrected chi connectivity index (χ3v) is 7.59. The van der Waals surface area contributed by atoms with Crippen LogP contribution < -0.4 is 5.32 Å². The van der Waals surface area contributed by atoms with Gasteiger partial charge in [-0.1, -0.05) is 30.3 Å². The lowest BCUT2D eigenvalue weighted by Crippen LogP contribution is -2.49. The molecule has 3 saturated carbocycles. The Labute approximate surface area is 185 Å². The fraction of sp³-hybridized carbons (Fsp3) is 0.458. The van der Waals surface area contributed by atoms with Gasteiger partial charge >= 0.3 is 11.9 Å². The highest BCUT2D eigenvalue weighted by atomic mass is 32.1. The summed E-state index contributed by atoms with van der Waals surface area (Å²) < 4.78 is 5.19. The van der Waals surface area contributed by atoms with E-state index in [1.165, 1.54) is 11.3 Å². The van der Waals surface area contributed by atoms with Gasteiger partial charge in [-0.05, 0) is 56.1 Å². The minimum Gasteiger partial charge on any atom is -0.481 e. The van der Waals surface area contributed by atoms with Crippen LogP contribution in [-0.2, 0) is 20.7 Å². The van der Waals surface area contributed by atoms with Gasteiger partial charge in [0.1, 0.15) is 5.00 Å². The van der Waals surface area contributed by atoms with E-state index in [4.69, 9.17) is 4.74 Å². The maximum Gasteiger partial charge on any atom is 0.341 e. The molecule has 5 rings (SSSR count). The summed E-state index contributed by atoms with van der Waals surface area (Å²) in [5.41, 5.74) is 1.44. The zero-order chi connectivity index (χ0) is 22.0. The number of nitrogens with one attached hydrogen (secondary N) is 1. The first kappa shape index (κ1) is 21.6. The first-order valence-corrected chi connectivity index (χ1v) is 11.7. The predicted molar refractivity (Wildman–Crippen MR) is 118 cm³/mol. The summed E-state index contributed by atoms with van der Waals surface area (Å²) in [6, 6.07) is 11.7. The van der Waals surface area contributed by atoms with Crippen molar-refractivity contribution in [1.29, 1.82) is 0 Å². The maximum atomic E-state index is 13.3. The van der Waals surface area contributed by atoms with Crippen LogP contribution in [0.4, 0.5) is 5.00 Å². The highest BCUT2D eigenvalue weighted by Gasteiger charge is 2.50. The molecule has 0 unspecified atom stereocenters. The van der Waals surface area contributed by atoms with Gasteiger partial charge in [-0.25, -0.2) is 4.79 Å². The number of aliphatic carboxylic acids is 1. The van der Waals surface area contributed by atoms with Crippen LogP contribution in [0.1, 0.15) is 53.4 Å².